The van der Waals surface area contributed by atoms with E-state index in [-0.39, 0.29) is 55.1 Å². The molecule has 0 aliphatic heterocycles. The van der Waals surface area contributed by atoms with Gasteiger partial charge in [-0.05, 0) is 0 Å². The van der Waals surface area contributed by atoms with Gasteiger partial charge in [-0.3, -0.25) is 0 Å². The van der Waals surface area contributed by atoms with Gasteiger partial charge in [-0.25, -0.2) is 0 Å². The third-order valence-electron chi connectivity index (χ3n) is 0. The van der Waals surface area contributed by atoms with E-state index in [1.165, 1.54) is 0 Å². The fourth-order valence-corrected chi connectivity index (χ4v) is 0. The Hall–Kier alpha value is 1.84. The van der Waals surface area contributed by atoms with Crippen molar-refractivity contribution in [3.8, 4) is 0 Å². The van der Waals surface area contributed by atoms with Crippen molar-refractivity contribution in [1.82, 2.24) is 0 Å². The molecule has 7 heavy (non-hydrogen) atoms. The monoisotopic (exact) mass is 208 g/mol. The van der Waals surface area contributed by atoms with Crippen molar-refractivity contribution in [3.63, 3.8) is 0 Å². The van der Waals surface area contributed by atoms with Gasteiger partial charge in [0.2, 0.25) is 0 Å². The van der Waals surface area contributed by atoms with Crippen LogP contribution < -0.4 is 8.32 Å². The third-order valence-corrected chi connectivity index (χ3v) is 0. The van der Waals surface area contributed by atoms with Crippen LogP contribution in [0.1, 0.15) is 0 Å². The van der Waals surface area contributed by atoms with Crippen molar-refractivity contribution in [2.24, 2.45) is 0 Å². The second kappa shape index (κ2) is 5.97. The first-order valence-corrected chi connectivity index (χ1v) is 2.75. The first-order chi connectivity index (χ1) is 2.00. The predicted octanol–water partition coefficient (Wildman–Crippen LogP) is -3.00. The second-order valence-corrected chi connectivity index (χ2v) is 1.68. The van der Waals surface area contributed by atoms with Gasteiger partial charge >= 0.3 is 84.6 Å². The van der Waals surface area contributed by atoms with Crippen LogP contribution in [0.2, 0.25) is 0 Å². The molecular weight excluding hydrogens is 208 g/mol. The maximum absolute atomic E-state index is 8.59. The molecule has 0 heterocycles. The van der Waals surface area contributed by atoms with Gasteiger partial charge < -0.3 is 0 Å². The summed E-state index contributed by atoms with van der Waals surface area (Å²) >= 11 is -5.75. The van der Waals surface area contributed by atoms with Crippen LogP contribution in [-0.2, 0) is 38.6 Å². The van der Waals surface area contributed by atoms with Gasteiger partial charge in [-0.1, -0.05) is 0 Å². The van der Waals surface area contributed by atoms with Gasteiger partial charge in [0.15, 0.2) is 0 Å². The molecule has 0 unspecified atom stereocenters. The topological polar surface area (TPSA) is 80.3 Å². The van der Waals surface area contributed by atoms with Gasteiger partial charge in [-0.2, -0.15) is 0 Å². The van der Waals surface area contributed by atoms with E-state index in [9.17, 15) is 0 Å². The zero-order valence-corrected chi connectivity index (χ0v) is 7.91. The average Bonchev–Trinajstić information content (AvgIpc) is 0.722. The Morgan fingerprint density at radius 3 is 1.14 bits per heavy atom. The summed E-state index contributed by atoms with van der Waals surface area (Å²) in [4.78, 5) is 0. The molecule has 0 aliphatic rings. The Labute approximate surface area is 83.4 Å². The number of rotatable bonds is 0. The standard InChI is InChI=1S/Ca.2Cr.4O/q+2;;+3;;;2*-1. The molecule has 0 saturated heterocycles. The van der Waals surface area contributed by atoms with E-state index in [0.717, 1.165) is 0 Å². The molecule has 0 rings (SSSR count). The molecule has 0 aliphatic carbocycles. The minimum absolute atomic E-state index is 0. The Balaban J connectivity index is -0.0000000800. The van der Waals surface area contributed by atoms with Gasteiger partial charge in [-0.15, -0.1) is 0 Å². The van der Waals surface area contributed by atoms with Gasteiger partial charge in [0.1, 0.15) is 0 Å². The summed E-state index contributed by atoms with van der Waals surface area (Å²) < 4.78 is 34.4. The van der Waals surface area contributed by atoms with Crippen LogP contribution in [0, 0.1) is 0 Å². The van der Waals surface area contributed by atoms with Crippen LogP contribution in [-0.4, -0.2) is 37.7 Å². The fraction of sp³-hybridized carbons (Fsp3) is 0. The summed E-state index contributed by atoms with van der Waals surface area (Å²) in [5, 5.41) is 0. The van der Waals surface area contributed by atoms with Crippen molar-refractivity contribution in [2.45, 2.75) is 0 Å². The molecule has 0 bridgehead atoms. The van der Waals surface area contributed by atoms with Crippen molar-refractivity contribution in [3.05, 3.63) is 0 Å². The van der Waals surface area contributed by atoms with Crippen LogP contribution in [0.3, 0.4) is 0 Å². The predicted molar refractivity (Wildman–Crippen MR) is 7.13 cm³/mol. The third kappa shape index (κ3) is 78.8. The second-order valence-electron chi connectivity index (χ2n) is 0.408. The molecule has 0 aromatic heterocycles. The Kier molecular flexibility index (Phi) is 13.6. The molecular formula is CaCr2O4+3. The van der Waals surface area contributed by atoms with Gasteiger partial charge in [0, 0.05) is 0 Å². The van der Waals surface area contributed by atoms with Crippen LogP contribution in [0.5, 0.6) is 0 Å². The van der Waals surface area contributed by atoms with E-state index in [1.54, 1.807) is 0 Å². The van der Waals surface area contributed by atoms with Crippen molar-refractivity contribution >= 4 is 37.7 Å². The Bertz CT molecular complexity index is 92.9. The van der Waals surface area contributed by atoms with Crippen LogP contribution in [0.25, 0.3) is 0 Å². The molecule has 0 aromatic carbocycles. The summed E-state index contributed by atoms with van der Waals surface area (Å²) in [6, 6.07) is 0. The molecule has 0 spiro atoms. The van der Waals surface area contributed by atoms with Crippen molar-refractivity contribution in [1.29, 1.82) is 0 Å². The molecule has 0 fully saturated rings. The molecule has 0 amide bonds. The van der Waals surface area contributed by atoms with Crippen LogP contribution in [0.15, 0.2) is 0 Å². The van der Waals surface area contributed by atoms with E-state index in [4.69, 9.17) is 15.9 Å². The first kappa shape index (κ1) is 15.9. The number of hydrogen-bond donors (Lipinski definition) is 0. The summed E-state index contributed by atoms with van der Waals surface area (Å²) in [6.07, 6.45) is 0. The van der Waals surface area contributed by atoms with Gasteiger partial charge in [0.25, 0.3) is 0 Å². The fourth-order valence-electron chi connectivity index (χ4n) is 0. The average molecular weight is 208 g/mol. The Morgan fingerprint density at radius 1 is 1.14 bits per heavy atom. The molecule has 4 nitrogen and oxygen atoms in total. The van der Waals surface area contributed by atoms with E-state index in [1.807, 2.05) is 0 Å². The summed E-state index contributed by atoms with van der Waals surface area (Å²) in [7, 11) is 0. The van der Waals surface area contributed by atoms with E-state index >= 15 is 0 Å². The van der Waals surface area contributed by atoms with E-state index in [0.29, 0.717) is 0 Å². The van der Waals surface area contributed by atoms with Gasteiger partial charge in [0.05, 0.1) is 0 Å². The molecule has 1 radical (unpaired) electrons. The van der Waals surface area contributed by atoms with Crippen LogP contribution in [0.4, 0.5) is 0 Å². The maximum atomic E-state index is 8.59. The van der Waals surface area contributed by atoms with Crippen molar-refractivity contribution in [2.75, 3.05) is 0 Å². The quantitative estimate of drug-likeness (QED) is 0.397. The summed E-state index contributed by atoms with van der Waals surface area (Å²) in [5.41, 5.74) is 0. The normalized spacial score (nSPS) is 8.29. The number of hydrogen-bond acceptors (Lipinski definition) is 4. The molecule has 7 heteroatoms. The molecule has 0 saturated carbocycles. The zero-order chi connectivity index (χ0) is 4.50. The summed E-state index contributed by atoms with van der Waals surface area (Å²) in [5.74, 6) is 0. The molecule has 0 N–H and O–H groups in total. The van der Waals surface area contributed by atoms with E-state index in [2.05, 4.69) is 0 Å². The molecule has 35 valence electrons. The minimum atomic E-state index is -5.75. The summed E-state index contributed by atoms with van der Waals surface area (Å²) in [6.45, 7) is 0. The first-order valence-electron chi connectivity index (χ1n) is 0.667. The van der Waals surface area contributed by atoms with Crippen LogP contribution >= 0.6 is 0 Å². The Morgan fingerprint density at radius 2 is 1.14 bits per heavy atom. The SMILES string of the molecule is [Ca+2].[Cr+3].[O]=[Cr](=[O])([O-])[O-]. The molecule has 0 atom stereocenters. The van der Waals surface area contributed by atoms with Crippen molar-refractivity contribution < 1.29 is 46.9 Å². The van der Waals surface area contributed by atoms with E-state index < -0.39 is 13.6 Å². The zero-order valence-electron chi connectivity index (χ0n) is 3.16. The molecule has 0 aromatic rings.